The highest BCUT2D eigenvalue weighted by molar-refractivity contribution is 7.99. The summed E-state index contributed by atoms with van der Waals surface area (Å²) < 4.78 is 14.5. The largest absolute Gasteiger partial charge is 0.399 e. The fraction of sp³-hybridized carbons (Fsp3) is 0.333. The lowest BCUT2D eigenvalue weighted by atomic mass is 10.0. The first-order valence-electron chi connectivity index (χ1n) is 9.45. The maximum Gasteiger partial charge on any atom is 0.190 e. The maximum absolute atomic E-state index is 9.30. The van der Waals surface area contributed by atoms with Crippen molar-refractivity contribution >= 4 is 17.4 Å². The third-order valence-corrected chi connectivity index (χ3v) is 6.03. The molecule has 4 rings (SSSR count). The zero-order chi connectivity index (χ0) is 20.2. The number of nitrogens with two attached hydrogens (primary N) is 1. The average Bonchev–Trinajstić information content (AvgIpc) is 3.17. The van der Waals surface area contributed by atoms with Crippen LogP contribution >= 0.6 is 11.8 Å². The lowest BCUT2D eigenvalue weighted by Gasteiger charge is -2.36. The highest BCUT2D eigenvalue weighted by Gasteiger charge is 2.32. The van der Waals surface area contributed by atoms with E-state index in [0.29, 0.717) is 5.69 Å². The minimum atomic E-state index is -0.500. The molecule has 7 nitrogen and oxygen atoms in total. The van der Waals surface area contributed by atoms with Gasteiger partial charge in [-0.3, -0.25) is 0 Å². The Labute approximate surface area is 173 Å². The van der Waals surface area contributed by atoms with E-state index in [9.17, 15) is 5.11 Å². The van der Waals surface area contributed by atoms with E-state index < -0.39 is 6.29 Å². The number of rotatable bonds is 6. The van der Waals surface area contributed by atoms with Crippen LogP contribution in [-0.2, 0) is 23.1 Å². The monoisotopic (exact) mass is 412 g/mol. The molecule has 0 saturated carbocycles. The first kappa shape index (κ1) is 19.9. The molecule has 3 N–H and O–H groups in total. The quantitative estimate of drug-likeness (QED) is 0.474. The fourth-order valence-electron chi connectivity index (χ4n) is 3.30. The van der Waals surface area contributed by atoms with Crippen LogP contribution in [0.2, 0.25) is 0 Å². The van der Waals surface area contributed by atoms with Gasteiger partial charge in [0, 0.05) is 30.5 Å². The van der Waals surface area contributed by atoms with Crippen LogP contribution in [0.15, 0.2) is 60.0 Å². The topological polar surface area (TPSA) is 95.4 Å². The third kappa shape index (κ3) is 4.79. The Kier molecular flexibility index (Phi) is 6.15. The molecule has 1 saturated heterocycles. The molecule has 2 heterocycles. The van der Waals surface area contributed by atoms with E-state index in [1.54, 1.807) is 18.1 Å². The van der Waals surface area contributed by atoms with Gasteiger partial charge < -0.3 is 24.9 Å². The summed E-state index contributed by atoms with van der Waals surface area (Å²) >= 11 is 1.61. The number of aliphatic hydroxyl groups is 1. The van der Waals surface area contributed by atoms with Crippen molar-refractivity contribution in [2.24, 2.45) is 7.05 Å². The van der Waals surface area contributed by atoms with Gasteiger partial charge in [-0.1, -0.05) is 48.2 Å². The summed E-state index contributed by atoms with van der Waals surface area (Å²) in [6.07, 6.45) is 1.77. The van der Waals surface area contributed by atoms with Crippen molar-refractivity contribution in [2.75, 3.05) is 11.5 Å². The van der Waals surface area contributed by atoms with Gasteiger partial charge in [-0.05, 0) is 23.3 Å². The number of nitrogen functional groups attached to an aromatic ring is 1. The number of ether oxygens (including phenoxy) is 2. The van der Waals surface area contributed by atoms with E-state index in [4.69, 9.17) is 15.2 Å². The molecule has 29 heavy (non-hydrogen) atoms. The number of benzene rings is 2. The van der Waals surface area contributed by atoms with Crippen molar-refractivity contribution in [1.29, 1.82) is 0 Å². The summed E-state index contributed by atoms with van der Waals surface area (Å²) in [6.45, 7) is 0.0256. The molecule has 3 aromatic rings. The number of hydrogen-bond donors (Lipinski definition) is 2. The van der Waals surface area contributed by atoms with E-state index in [1.807, 2.05) is 60.1 Å². The van der Waals surface area contributed by atoms with Gasteiger partial charge in [0.15, 0.2) is 11.4 Å². The number of thioether (sulfide) groups is 1. The minimum Gasteiger partial charge on any atom is -0.399 e. The summed E-state index contributed by atoms with van der Waals surface area (Å²) in [4.78, 5) is 0. The van der Waals surface area contributed by atoms with E-state index >= 15 is 0 Å². The molecule has 1 aliphatic heterocycles. The van der Waals surface area contributed by atoms with E-state index in [1.165, 1.54) is 0 Å². The second-order valence-electron chi connectivity index (χ2n) is 7.06. The average molecular weight is 413 g/mol. The smallest absolute Gasteiger partial charge is 0.190 e. The maximum atomic E-state index is 9.30. The second-order valence-corrected chi connectivity index (χ2v) is 8.04. The first-order valence-corrected chi connectivity index (χ1v) is 10.4. The molecule has 0 unspecified atom stereocenters. The predicted molar refractivity (Wildman–Crippen MR) is 111 cm³/mol. The van der Waals surface area contributed by atoms with Crippen LogP contribution < -0.4 is 5.73 Å². The second kappa shape index (κ2) is 8.96. The summed E-state index contributed by atoms with van der Waals surface area (Å²) in [5.41, 5.74) is 9.47. The number of anilines is 1. The van der Waals surface area contributed by atoms with Crippen LogP contribution in [0.5, 0.6) is 0 Å². The van der Waals surface area contributed by atoms with Crippen molar-refractivity contribution in [2.45, 2.75) is 36.7 Å². The van der Waals surface area contributed by atoms with E-state index in [0.717, 1.165) is 34.0 Å². The van der Waals surface area contributed by atoms with Crippen LogP contribution in [0.25, 0.3) is 0 Å². The summed E-state index contributed by atoms with van der Waals surface area (Å²) in [6, 6.07) is 15.5. The Morgan fingerprint density at radius 2 is 2.00 bits per heavy atom. The van der Waals surface area contributed by atoms with Crippen LogP contribution in [0, 0.1) is 0 Å². The Bertz CT molecular complexity index is 947. The summed E-state index contributed by atoms with van der Waals surface area (Å²) in [5, 5.41) is 18.2. The lowest BCUT2D eigenvalue weighted by molar-refractivity contribution is -0.245. The highest BCUT2D eigenvalue weighted by Crippen LogP contribution is 2.39. The molecule has 2 aromatic carbocycles. The molecule has 0 radical (unpaired) electrons. The molecular formula is C21H24N4O3S. The first-order chi connectivity index (χ1) is 14.1. The van der Waals surface area contributed by atoms with Gasteiger partial charge in [0.25, 0.3) is 0 Å². The number of aromatic nitrogens is 3. The van der Waals surface area contributed by atoms with E-state index in [2.05, 4.69) is 10.2 Å². The fourth-order valence-corrected chi connectivity index (χ4v) is 4.20. The predicted octanol–water partition coefficient (Wildman–Crippen LogP) is 3.23. The van der Waals surface area contributed by atoms with Gasteiger partial charge in [0.1, 0.15) is 6.33 Å². The molecule has 1 fully saturated rings. The van der Waals surface area contributed by atoms with Crippen molar-refractivity contribution < 1.29 is 14.6 Å². The number of aliphatic hydroxyl groups excluding tert-OH is 1. The molecular weight excluding hydrogens is 388 g/mol. The van der Waals surface area contributed by atoms with Crippen molar-refractivity contribution in [1.82, 2.24) is 14.8 Å². The Morgan fingerprint density at radius 3 is 2.69 bits per heavy atom. The number of nitrogens with zero attached hydrogens (tertiary/aromatic N) is 3. The van der Waals surface area contributed by atoms with Gasteiger partial charge >= 0.3 is 0 Å². The zero-order valence-corrected chi connectivity index (χ0v) is 17.0. The van der Waals surface area contributed by atoms with Gasteiger partial charge in [0.2, 0.25) is 0 Å². The van der Waals surface area contributed by atoms with Gasteiger partial charge in [-0.15, -0.1) is 10.2 Å². The SMILES string of the molecule is Cn1cnnc1SC[C@@H]1C[C@H](c2ccc(CO)cc2)O[C@H](c2cccc(N)c2)O1. The van der Waals surface area contributed by atoms with Gasteiger partial charge in [-0.2, -0.15) is 0 Å². The number of aryl methyl sites for hydroxylation is 1. The molecule has 0 amide bonds. The van der Waals surface area contributed by atoms with Crippen LogP contribution in [0.4, 0.5) is 5.69 Å². The highest BCUT2D eigenvalue weighted by atomic mass is 32.2. The molecule has 1 aromatic heterocycles. The van der Waals surface area contributed by atoms with Crippen molar-refractivity contribution in [3.05, 3.63) is 71.5 Å². The van der Waals surface area contributed by atoms with Crippen LogP contribution in [0.3, 0.4) is 0 Å². The summed E-state index contributed by atoms with van der Waals surface area (Å²) in [5.74, 6) is 0.736. The van der Waals surface area contributed by atoms with Gasteiger partial charge in [-0.25, -0.2) is 0 Å². The zero-order valence-electron chi connectivity index (χ0n) is 16.1. The van der Waals surface area contributed by atoms with Crippen LogP contribution in [0.1, 0.15) is 35.5 Å². The van der Waals surface area contributed by atoms with Crippen molar-refractivity contribution in [3.63, 3.8) is 0 Å². The molecule has 8 heteroatoms. The minimum absolute atomic E-state index is 0.0256. The Hall–Kier alpha value is -2.39. The molecule has 1 aliphatic rings. The number of hydrogen-bond acceptors (Lipinski definition) is 7. The van der Waals surface area contributed by atoms with Crippen molar-refractivity contribution in [3.8, 4) is 0 Å². The molecule has 152 valence electrons. The van der Waals surface area contributed by atoms with E-state index in [-0.39, 0.29) is 18.8 Å². The lowest BCUT2D eigenvalue weighted by Crippen LogP contribution is -2.31. The van der Waals surface area contributed by atoms with Gasteiger partial charge in [0.05, 0.1) is 18.8 Å². The van der Waals surface area contributed by atoms with Crippen LogP contribution in [-0.4, -0.2) is 31.7 Å². The normalized spacial score (nSPS) is 21.9. The Balaban J connectivity index is 1.54. The molecule has 0 bridgehead atoms. The molecule has 0 spiro atoms. The summed E-state index contributed by atoms with van der Waals surface area (Å²) in [7, 11) is 1.92. The third-order valence-electron chi connectivity index (χ3n) is 4.87. The Morgan fingerprint density at radius 1 is 1.17 bits per heavy atom. The molecule has 0 aliphatic carbocycles. The molecule has 3 atom stereocenters. The standard InChI is InChI=1S/C21H24N4O3S/c1-25-13-23-24-21(25)29-12-18-10-19(15-7-5-14(11-26)6-8-15)28-20(27-18)16-3-2-4-17(22)9-16/h2-9,13,18-20,26H,10-12,22H2,1H3/t18-,19+,20+/m0/s1.